The van der Waals surface area contributed by atoms with Crippen LogP contribution in [0.1, 0.15) is 5.56 Å². The van der Waals surface area contributed by atoms with E-state index in [9.17, 15) is 5.11 Å². The van der Waals surface area contributed by atoms with Gasteiger partial charge in [0.05, 0.1) is 22.8 Å². The van der Waals surface area contributed by atoms with E-state index in [1.807, 2.05) is 60.7 Å². The molecule has 10 nitrogen and oxygen atoms in total. The fraction of sp³-hybridized carbons (Fsp3) is 0.0667. The predicted octanol–water partition coefficient (Wildman–Crippen LogP) is 4.99. The molecule has 0 radical (unpaired) electrons. The van der Waals surface area contributed by atoms with Crippen LogP contribution in [0.5, 0.6) is 0 Å². The second kappa shape index (κ2) is 10.0. The van der Waals surface area contributed by atoms with Gasteiger partial charge in [-0.2, -0.15) is 5.10 Å². The molecule has 40 heavy (non-hydrogen) atoms. The van der Waals surface area contributed by atoms with Gasteiger partial charge in [0.2, 0.25) is 0 Å². The van der Waals surface area contributed by atoms with E-state index < -0.39 is 6.23 Å². The molecule has 1 aromatic carbocycles. The molecule has 1 unspecified atom stereocenters. The van der Waals surface area contributed by atoms with Crippen molar-refractivity contribution in [3.63, 3.8) is 0 Å². The van der Waals surface area contributed by atoms with Gasteiger partial charge in [-0.15, -0.1) is 0 Å². The summed E-state index contributed by atoms with van der Waals surface area (Å²) in [7, 11) is 0. The van der Waals surface area contributed by atoms with Crippen LogP contribution >= 0.6 is 0 Å². The minimum absolute atomic E-state index is 0.478. The Bertz CT molecular complexity index is 1930. The van der Waals surface area contributed by atoms with Crippen molar-refractivity contribution in [2.75, 3.05) is 5.32 Å². The summed E-state index contributed by atoms with van der Waals surface area (Å²) in [5, 5.41) is 22.0. The smallest absolute Gasteiger partial charge is 0.181 e. The maximum absolute atomic E-state index is 10.6. The van der Waals surface area contributed by atoms with Crippen LogP contribution in [-0.2, 0) is 6.42 Å². The predicted molar refractivity (Wildman–Crippen MR) is 153 cm³/mol. The number of hydrogen-bond acceptors (Lipinski definition) is 8. The third kappa shape index (κ3) is 4.52. The fourth-order valence-electron chi connectivity index (χ4n) is 4.80. The molecule has 0 aliphatic rings. The Morgan fingerprint density at radius 2 is 1.65 bits per heavy atom. The summed E-state index contributed by atoms with van der Waals surface area (Å²) in [6, 6.07) is 19.7. The van der Waals surface area contributed by atoms with Crippen molar-refractivity contribution < 1.29 is 5.11 Å². The van der Waals surface area contributed by atoms with Gasteiger partial charge in [0.1, 0.15) is 11.9 Å². The maximum atomic E-state index is 10.6. The van der Waals surface area contributed by atoms with E-state index in [0.717, 1.165) is 38.7 Å². The van der Waals surface area contributed by atoms with E-state index in [1.165, 1.54) is 0 Å². The number of benzene rings is 1. The maximum Gasteiger partial charge on any atom is 0.181 e. The van der Waals surface area contributed by atoms with Crippen molar-refractivity contribution >= 4 is 27.9 Å². The quantitative estimate of drug-likeness (QED) is 0.213. The van der Waals surface area contributed by atoms with Gasteiger partial charge in [-0.1, -0.05) is 30.3 Å². The highest BCUT2D eigenvalue weighted by Gasteiger charge is 2.17. The molecule has 0 spiro atoms. The van der Waals surface area contributed by atoms with E-state index in [4.69, 9.17) is 4.98 Å². The second-order valence-electron chi connectivity index (χ2n) is 9.38. The minimum atomic E-state index is -0.751. The van der Waals surface area contributed by atoms with Crippen molar-refractivity contribution in [3.05, 3.63) is 103 Å². The number of aromatic amines is 2. The Hall–Kier alpha value is -5.48. The van der Waals surface area contributed by atoms with E-state index >= 15 is 0 Å². The third-order valence-corrected chi connectivity index (χ3v) is 6.71. The Balaban J connectivity index is 1.21. The van der Waals surface area contributed by atoms with Crippen molar-refractivity contribution in [2.24, 2.45) is 0 Å². The van der Waals surface area contributed by atoms with Gasteiger partial charge < -0.3 is 15.4 Å². The number of hydrogen-bond donors (Lipinski definition) is 4. The molecular formula is C30H23N9O. The first-order valence-electron chi connectivity index (χ1n) is 12.7. The molecule has 0 aliphatic heterocycles. The zero-order chi connectivity index (χ0) is 26.9. The van der Waals surface area contributed by atoms with Gasteiger partial charge in [-0.25, -0.2) is 15.0 Å². The molecule has 0 saturated carbocycles. The van der Waals surface area contributed by atoms with Crippen LogP contribution in [-0.4, -0.2) is 51.4 Å². The normalized spacial score (nSPS) is 12.1. The van der Waals surface area contributed by atoms with Gasteiger partial charge in [-0.3, -0.25) is 15.1 Å². The molecule has 6 aromatic heterocycles. The Labute approximate surface area is 228 Å². The zero-order valence-electron chi connectivity index (χ0n) is 21.2. The van der Waals surface area contributed by atoms with Crippen molar-refractivity contribution in [2.45, 2.75) is 12.6 Å². The molecular weight excluding hydrogens is 502 g/mol. The average Bonchev–Trinajstić information content (AvgIpc) is 3.62. The number of anilines is 1. The molecule has 7 aromatic rings. The second-order valence-corrected chi connectivity index (χ2v) is 9.38. The van der Waals surface area contributed by atoms with E-state index in [2.05, 4.69) is 40.4 Å². The van der Waals surface area contributed by atoms with Gasteiger partial charge >= 0.3 is 0 Å². The molecule has 1 atom stereocenters. The number of aliphatic hydroxyl groups is 1. The molecule has 0 saturated heterocycles. The molecule has 10 heteroatoms. The lowest BCUT2D eigenvalue weighted by Crippen LogP contribution is -2.21. The molecule has 4 N–H and O–H groups in total. The third-order valence-electron chi connectivity index (χ3n) is 6.71. The number of pyridine rings is 4. The van der Waals surface area contributed by atoms with Crippen LogP contribution < -0.4 is 5.32 Å². The van der Waals surface area contributed by atoms with Gasteiger partial charge in [0.25, 0.3) is 0 Å². The molecule has 0 aliphatic carbocycles. The number of nitrogens with zero attached hydrogens (tertiary/aromatic N) is 6. The van der Waals surface area contributed by atoms with Gasteiger partial charge in [-0.05, 0) is 41.5 Å². The summed E-state index contributed by atoms with van der Waals surface area (Å²) in [5.41, 5.74) is 8.18. The number of aliphatic hydroxyl groups excluding tert-OH is 1. The molecule has 194 valence electrons. The molecule has 0 bridgehead atoms. The lowest BCUT2D eigenvalue weighted by Gasteiger charge is -2.14. The number of fused-ring (bicyclic) bond motifs is 2. The lowest BCUT2D eigenvalue weighted by molar-refractivity contribution is 0.204. The molecule has 0 fully saturated rings. The van der Waals surface area contributed by atoms with E-state index in [-0.39, 0.29) is 0 Å². The van der Waals surface area contributed by atoms with Crippen molar-refractivity contribution in [1.82, 2.24) is 40.1 Å². The average molecular weight is 526 g/mol. The Morgan fingerprint density at radius 1 is 0.800 bits per heavy atom. The summed E-state index contributed by atoms with van der Waals surface area (Å²) < 4.78 is 0. The van der Waals surface area contributed by atoms with Gasteiger partial charge in [0.15, 0.2) is 17.1 Å². The number of H-pyrrole nitrogens is 2. The lowest BCUT2D eigenvalue weighted by atomic mass is 10.1. The highest BCUT2D eigenvalue weighted by atomic mass is 16.3. The standard InChI is InChI=1S/C30H23N9O/c40-25(12-18-4-2-1-3-5-18)35-22-13-20(15-32-17-22)21-14-24-27(38-39-28(24)34-16-21)30-36-26-23(8-11-33-29(26)37-30)19-6-9-31-10-7-19/h1-11,13-17,25,35,40H,12H2,(H,33,36,37)(H,34,38,39). The Kier molecular flexibility index (Phi) is 5.91. The molecule has 6 heterocycles. The SMILES string of the molecule is OC(Cc1ccccc1)Nc1cncc(-c2cnc3n[nH]c(-c4nc5nccc(-c6ccncc6)c5[nH]4)c3c2)c1. The first kappa shape index (κ1) is 23.6. The summed E-state index contributed by atoms with van der Waals surface area (Å²) >= 11 is 0. The van der Waals surface area contributed by atoms with Crippen molar-refractivity contribution in [1.29, 1.82) is 0 Å². The summed E-state index contributed by atoms with van der Waals surface area (Å²) in [4.78, 5) is 25.7. The Morgan fingerprint density at radius 3 is 2.52 bits per heavy atom. The highest BCUT2D eigenvalue weighted by Crippen LogP contribution is 2.32. The van der Waals surface area contributed by atoms with Crippen LogP contribution in [0.3, 0.4) is 0 Å². The fourth-order valence-corrected chi connectivity index (χ4v) is 4.80. The zero-order valence-corrected chi connectivity index (χ0v) is 21.2. The number of nitrogens with one attached hydrogen (secondary N) is 3. The number of aromatic nitrogens is 8. The first-order valence-corrected chi connectivity index (χ1v) is 12.7. The van der Waals surface area contributed by atoms with Crippen LogP contribution in [0.4, 0.5) is 5.69 Å². The first-order chi connectivity index (χ1) is 19.7. The summed E-state index contributed by atoms with van der Waals surface area (Å²) in [5.74, 6) is 0.614. The highest BCUT2D eigenvalue weighted by molar-refractivity contribution is 5.96. The monoisotopic (exact) mass is 525 g/mol. The molecule has 0 amide bonds. The summed E-state index contributed by atoms with van der Waals surface area (Å²) in [6.45, 7) is 0. The number of rotatable bonds is 7. The van der Waals surface area contributed by atoms with E-state index in [1.54, 1.807) is 37.2 Å². The van der Waals surface area contributed by atoms with Crippen molar-refractivity contribution in [3.8, 4) is 33.8 Å². The van der Waals surface area contributed by atoms with E-state index in [0.29, 0.717) is 34.9 Å². The van der Waals surface area contributed by atoms with Crippen LogP contribution in [0.25, 0.3) is 56.0 Å². The minimum Gasteiger partial charge on any atom is -0.373 e. The topological polar surface area (TPSA) is 141 Å². The largest absolute Gasteiger partial charge is 0.373 e. The van der Waals surface area contributed by atoms with Crippen LogP contribution in [0.2, 0.25) is 0 Å². The van der Waals surface area contributed by atoms with Crippen LogP contribution in [0.15, 0.2) is 97.8 Å². The van der Waals surface area contributed by atoms with Crippen LogP contribution in [0, 0.1) is 0 Å². The summed E-state index contributed by atoms with van der Waals surface area (Å²) in [6.07, 6.45) is 10.2. The number of imidazole rings is 1. The van der Waals surface area contributed by atoms with Gasteiger partial charge in [0, 0.05) is 54.1 Å². The molecule has 7 rings (SSSR count).